The van der Waals surface area contributed by atoms with Gasteiger partial charge in [0.25, 0.3) is 0 Å². The van der Waals surface area contributed by atoms with Gasteiger partial charge >= 0.3 is 0 Å². The van der Waals surface area contributed by atoms with E-state index in [0.29, 0.717) is 43.3 Å². The SMILES string of the molecule is CSc1ccccc1-c1nc2cc(F)ccc2c(Cl)c1C.Cc1c(-c2ccccc2S(C)(=O)=O)nc2cc(F)ccc2c1Cl. The molecule has 6 aromatic rings. The van der Waals surface area contributed by atoms with Crippen molar-refractivity contribution >= 4 is 66.6 Å². The monoisotopic (exact) mass is 666 g/mol. The number of pyridine rings is 2. The highest BCUT2D eigenvalue weighted by molar-refractivity contribution is 7.98. The van der Waals surface area contributed by atoms with Gasteiger partial charge in [0, 0.05) is 45.2 Å². The maximum Gasteiger partial charge on any atom is 0.176 e. The van der Waals surface area contributed by atoms with E-state index in [2.05, 4.69) is 9.97 Å². The summed E-state index contributed by atoms with van der Waals surface area (Å²) in [5, 5.41) is 2.48. The molecule has 2 heterocycles. The zero-order valence-electron chi connectivity index (χ0n) is 24.1. The maximum atomic E-state index is 13.5. The van der Waals surface area contributed by atoms with Gasteiger partial charge in [0.2, 0.25) is 0 Å². The Morgan fingerprint density at radius 3 is 1.64 bits per heavy atom. The van der Waals surface area contributed by atoms with Gasteiger partial charge in [-0.25, -0.2) is 27.2 Å². The van der Waals surface area contributed by atoms with Crippen LogP contribution in [0.1, 0.15) is 11.1 Å². The molecule has 0 aliphatic rings. The molecule has 10 heteroatoms. The zero-order chi connectivity index (χ0) is 31.8. The number of fused-ring (bicyclic) bond motifs is 2. The van der Waals surface area contributed by atoms with Gasteiger partial charge in [-0.05, 0) is 67.6 Å². The van der Waals surface area contributed by atoms with Crippen molar-refractivity contribution in [3.8, 4) is 22.5 Å². The van der Waals surface area contributed by atoms with Gasteiger partial charge in [0.1, 0.15) is 11.6 Å². The molecule has 6 rings (SSSR count). The lowest BCUT2D eigenvalue weighted by atomic mass is 10.0. The summed E-state index contributed by atoms with van der Waals surface area (Å²) >= 11 is 14.5. The fourth-order valence-corrected chi connectivity index (χ4v) is 6.92. The quantitative estimate of drug-likeness (QED) is 0.175. The van der Waals surface area contributed by atoms with E-state index in [0.717, 1.165) is 33.4 Å². The second kappa shape index (κ2) is 12.8. The summed E-state index contributed by atoms with van der Waals surface area (Å²) in [5.74, 6) is -0.730. The standard InChI is InChI=1S/C17H13ClFNO2S.C17H13ClFNS/c1-10-16(18)12-8-7-11(19)9-14(12)20-17(10)13-5-3-4-6-15(13)23(2,21)22;1-10-16(18)12-8-7-11(19)9-14(12)20-17(10)13-5-3-4-6-15(13)21-2/h3-9H,1-2H3;3-9H,1-2H3. The molecule has 0 fully saturated rings. The summed E-state index contributed by atoms with van der Waals surface area (Å²) in [6, 6.07) is 23.3. The molecular weight excluding hydrogens is 641 g/mol. The first-order valence-electron chi connectivity index (χ1n) is 13.3. The molecule has 0 unspecified atom stereocenters. The molecule has 2 aromatic heterocycles. The van der Waals surface area contributed by atoms with Crippen LogP contribution >= 0.6 is 35.0 Å². The van der Waals surface area contributed by atoms with Gasteiger partial charge < -0.3 is 0 Å². The van der Waals surface area contributed by atoms with Crippen molar-refractivity contribution in [3.05, 3.63) is 118 Å². The van der Waals surface area contributed by atoms with Gasteiger partial charge in [-0.3, -0.25) is 0 Å². The average molecular weight is 668 g/mol. The van der Waals surface area contributed by atoms with E-state index in [1.807, 2.05) is 37.4 Å². The number of halogens is 4. The number of benzene rings is 4. The minimum Gasteiger partial charge on any atom is -0.247 e. The summed E-state index contributed by atoms with van der Waals surface area (Å²) < 4.78 is 51.0. The van der Waals surface area contributed by atoms with E-state index in [1.165, 1.54) is 30.3 Å². The Balaban J connectivity index is 0.000000175. The highest BCUT2D eigenvalue weighted by Crippen LogP contribution is 2.37. The Bertz CT molecular complexity index is 2170. The molecule has 0 amide bonds. The van der Waals surface area contributed by atoms with E-state index < -0.39 is 15.7 Å². The Morgan fingerprint density at radius 2 is 1.14 bits per heavy atom. The molecule has 0 saturated carbocycles. The Morgan fingerprint density at radius 1 is 0.682 bits per heavy atom. The third kappa shape index (κ3) is 6.31. The van der Waals surface area contributed by atoms with Crippen LogP contribution in [0.25, 0.3) is 44.3 Å². The predicted octanol–water partition coefficient (Wildman–Crippen LogP) is 10.1. The molecule has 4 aromatic carbocycles. The summed E-state index contributed by atoms with van der Waals surface area (Å²) in [7, 11) is -3.43. The van der Waals surface area contributed by atoms with Gasteiger partial charge in [-0.15, -0.1) is 11.8 Å². The van der Waals surface area contributed by atoms with Crippen LogP contribution in [0.2, 0.25) is 10.0 Å². The normalized spacial score (nSPS) is 11.5. The Kier molecular flexibility index (Phi) is 9.28. The van der Waals surface area contributed by atoms with E-state index in [4.69, 9.17) is 23.2 Å². The first-order chi connectivity index (χ1) is 20.9. The number of aromatic nitrogens is 2. The third-order valence-electron chi connectivity index (χ3n) is 7.13. The van der Waals surface area contributed by atoms with Gasteiger partial charge in [-0.1, -0.05) is 59.6 Å². The first-order valence-corrected chi connectivity index (χ1v) is 17.2. The largest absolute Gasteiger partial charge is 0.247 e. The van der Waals surface area contributed by atoms with E-state index in [1.54, 1.807) is 49.0 Å². The molecule has 0 aliphatic carbocycles. The van der Waals surface area contributed by atoms with E-state index in [-0.39, 0.29) is 10.7 Å². The summed E-state index contributed by atoms with van der Waals surface area (Å²) in [4.78, 5) is 10.4. The summed E-state index contributed by atoms with van der Waals surface area (Å²) in [6.07, 6.45) is 3.17. The molecule has 4 nitrogen and oxygen atoms in total. The van der Waals surface area contributed by atoms with Crippen LogP contribution in [0.4, 0.5) is 8.78 Å². The second-order valence-corrected chi connectivity index (χ2v) is 13.7. The maximum absolute atomic E-state index is 13.5. The van der Waals surface area contributed by atoms with Gasteiger partial charge in [0.05, 0.1) is 37.4 Å². The lowest BCUT2D eigenvalue weighted by molar-refractivity contribution is 0.602. The summed E-state index contributed by atoms with van der Waals surface area (Å²) in [6.45, 7) is 3.72. The number of hydrogen-bond donors (Lipinski definition) is 0. The Hall–Kier alpha value is -3.56. The van der Waals surface area contributed by atoms with Crippen LogP contribution in [-0.2, 0) is 9.84 Å². The van der Waals surface area contributed by atoms with Crippen LogP contribution < -0.4 is 0 Å². The highest BCUT2D eigenvalue weighted by atomic mass is 35.5. The molecule has 0 atom stereocenters. The number of thioether (sulfide) groups is 1. The van der Waals surface area contributed by atoms with Crippen molar-refractivity contribution < 1.29 is 17.2 Å². The van der Waals surface area contributed by atoms with Crippen molar-refractivity contribution in [1.82, 2.24) is 9.97 Å². The second-order valence-electron chi connectivity index (χ2n) is 10.1. The van der Waals surface area contributed by atoms with Crippen molar-refractivity contribution in [3.63, 3.8) is 0 Å². The van der Waals surface area contributed by atoms with Crippen molar-refractivity contribution in [2.45, 2.75) is 23.6 Å². The number of rotatable bonds is 4. The van der Waals surface area contributed by atoms with E-state index >= 15 is 0 Å². The smallest absolute Gasteiger partial charge is 0.176 e. The lowest BCUT2D eigenvalue weighted by Crippen LogP contribution is -2.02. The topological polar surface area (TPSA) is 59.9 Å². The molecule has 0 bridgehead atoms. The molecule has 0 saturated heterocycles. The molecule has 44 heavy (non-hydrogen) atoms. The lowest BCUT2D eigenvalue weighted by Gasteiger charge is -2.13. The van der Waals surface area contributed by atoms with Crippen LogP contribution in [0.3, 0.4) is 0 Å². The molecule has 0 aliphatic heterocycles. The van der Waals surface area contributed by atoms with Crippen molar-refractivity contribution in [2.24, 2.45) is 0 Å². The number of sulfone groups is 1. The molecule has 224 valence electrons. The zero-order valence-corrected chi connectivity index (χ0v) is 27.3. The summed E-state index contributed by atoms with van der Waals surface area (Å²) in [5.41, 5.74) is 5.27. The van der Waals surface area contributed by atoms with Crippen LogP contribution in [-0.4, -0.2) is 30.9 Å². The molecule has 0 radical (unpaired) electrons. The highest BCUT2D eigenvalue weighted by Gasteiger charge is 2.19. The van der Waals surface area contributed by atoms with Crippen LogP contribution in [0.5, 0.6) is 0 Å². The number of hydrogen-bond acceptors (Lipinski definition) is 5. The minimum atomic E-state index is -3.43. The van der Waals surface area contributed by atoms with Crippen molar-refractivity contribution in [2.75, 3.05) is 12.5 Å². The predicted molar refractivity (Wildman–Crippen MR) is 179 cm³/mol. The van der Waals surface area contributed by atoms with E-state index in [9.17, 15) is 17.2 Å². The number of nitrogens with zero attached hydrogens (tertiary/aromatic N) is 2. The Labute approximate surface area is 269 Å². The molecule has 0 N–H and O–H groups in total. The van der Waals surface area contributed by atoms with Gasteiger partial charge in [-0.2, -0.15) is 0 Å². The average Bonchev–Trinajstić information content (AvgIpc) is 3.00. The fourth-order valence-electron chi connectivity index (χ4n) is 4.94. The fraction of sp³-hybridized carbons (Fsp3) is 0.118. The molecular formula is C34H26Cl2F2N2O2S2. The first kappa shape index (κ1) is 31.9. The third-order valence-corrected chi connectivity index (χ3v) is 10.1. The van der Waals surface area contributed by atoms with Gasteiger partial charge in [0.15, 0.2) is 9.84 Å². The molecule has 0 spiro atoms. The van der Waals surface area contributed by atoms with Crippen LogP contribution in [0.15, 0.2) is 94.7 Å². The van der Waals surface area contributed by atoms with Crippen LogP contribution in [0, 0.1) is 25.5 Å². The van der Waals surface area contributed by atoms with Crippen molar-refractivity contribution in [1.29, 1.82) is 0 Å². The minimum absolute atomic E-state index is 0.169.